The predicted molar refractivity (Wildman–Crippen MR) is 146 cm³/mol. The summed E-state index contributed by atoms with van der Waals surface area (Å²) in [5, 5.41) is 7.92. The summed E-state index contributed by atoms with van der Waals surface area (Å²) in [5.41, 5.74) is 1.58. The van der Waals surface area contributed by atoms with Crippen molar-refractivity contribution in [2.24, 2.45) is 0 Å². The van der Waals surface area contributed by atoms with Gasteiger partial charge in [0.15, 0.2) is 0 Å². The molecule has 0 spiro atoms. The van der Waals surface area contributed by atoms with Gasteiger partial charge < -0.3 is 29.8 Å². The molecule has 1 aromatic heterocycles. The molecule has 4 rings (SSSR count). The van der Waals surface area contributed by atoms with Crippen molar-refractivity contribution in [1.82, 2.24) is 15.6 Å². The molecule has 0 bridgehead atoms. The van der Waals surface area contributed by atoms with Crippen LogP contribution in [-0.4, -0.2) is 29.1 Å². The Hall–Kier alpha value is -5.19. The van der Waals surface area contributed by atoms with E-state index in [1.165, 1.54) is 25.1 Å². The monoisotopic (exact) mass is 544 g/mol. The molecule has 3 amide bonds. The lowest BCUT2D eigenvalue weighted by atomic mass is 10.2. The fourth-order valence-electron chi connectivity index (χ4n) is 3.61. The van der Waals surface area contributed by atoms with Crippen molar-refractivity contribution < 1.29 is 28.3 Å². The molecule has 0 aliphatic heterocycles. The predicted octanol–water partition coefficient (Wildman–Crippen LogP) is 4.43. The molecule has 0 aliphatic carbocycles. The topological polar surface area (TPSA) is 149 Å². The maximum Gasteiger partial charge on any atom is 0.408 e. The van der Waals surface area contributed by atoms with E-state index >= 15 is 0 Å². The molecule has 11 heteroatoms. The number of fused-ring (bicyclic) bond motifs is 1. The van der Waals surface area contributed by atoms with Crippen molar-refractivity contribution >= 4 is 34.7 Å². The third kappa shape index (κ3) is 7.67. The number of amides is 3. The molecule has 0 aliphatic rings. The van der Waals surface area contributed by atoms with Crippen molar-refractivity contribution in [3.63, 3.8) is 0 Å². The van der Waals surface area contributed by atoms with E-state index in [1.54, 1.807) is 6.92 Å². The zero-order chi connectivity index (χ0) is 28.5. The number of nitrogens with zero attached hydrogens (tertiary/aromatic N) is 1. The van der Waals surface area contributed by atoms with Crippen molar-refractivity contribution in [2.45, 2.75) is 39.1 Å². The smallest absolute Gasteiger partial charge is 0.408 e. The highest BCUT2D eigenvalue weighted by Crippen LogP contribution is 2.18. The summed E-state index contributed by atoms with van der Waals surface area (Å²) >= 11 is 0. The van der Waals surface area contributed by atoms with Gasteiger partial charge in [0.05, 0.1) is 10.9 Å². The zero-order valence-corrected chi connectivity index (χ0v) is 21.9. The molecule has 0 radical (unpaired) electrons. The molecule has 40 heavy (non-hydrogen) atoms. The first-order valence-corrected chi connectivity index (χ1v) is 12.5. The molecule has 1 unspecified atom stereocenters. The van der Waals surface area contributed by atoms with Gasteiger partial charge in [-0.2, -0.15) is 0 Å². The maximum absolute atomic E-state index is 12.6. The largest absolute Gasteiger partial charge is 0.445 e. The fraction of sp³-hybridized carbons (Fsp3) is 0.207. The summed E-state index contributed by atoms with van der Waals surface area (Å²) in [4.78, 5) is 53.8. The van der Waals surface area contributed by atoms with Crippen LogP contribution in [-0.2, 0) is 27.5 Å². The first-order valence-electron chi connectivity index (χ1n) is 12.5. The van der Waals surface area contributed by atoms with Crippen molar-refractivity contribution in [1.29, 1.82) is 0 Å². The summed E-state index contributed by atoms with van der Waals surface area (Å²) in [6.07, 6.45) is -1.44. The Kier molecular flexibility index (Phi) is 9.08. The summed E-state index contributed by atoms with van der Waals surface area (Å²) < 4.78 is 15.6. The Balaban J connectivity index is 1.35. The van der Waals surface area contributed by atoms with Crippen molar-refractivity contribution in [3.8, 4) is 0 Å². The van der Waals surface area contributed by atoms with E-state index in [-0.39, 0.29) is 30.0 Å². The number of rotatable bonds is 9. The fourth-order valence-corrected chi connectivity index (χ4v) is 3.61. The third-order valence-corrected chi connectivity index (χ3v) is 5.77. The van der Waals surface area contributed by atoms with E-state index < -0.39 is 35.8 Å². The number of ether oxygens (including phenoxy) is 2. The minimum Gasteiger partial charge on any atom is -0.445 e. The molecule has 1 heterocycles. The van der Waals surface area contributed by atoms with Gasteiger partial charge in [-0.25, -0.2) is 19.4 Å². The standard InChI is InChI=1S/C29H28N4O7/c1-18(30-28(36)38-16-20-9-5-3-6-10-20)25(34)32-22-13-14-23-24(15-22)33-26(40-27(23)35)19(2)31-29(37)39-17-21-11-7-4-8-12-21/h3-15,18-19H,16-17H2,1-2H3,(H,30,36)(H,31,37)(H,32,34)/t18?,19-/m0/s1. The molecule has 3 aromatic carbocycles. The highest BCUT2D eigenvalue weighted by molar-refractivity contribution is 5.97. The van der Waals surface area contributed by atoms with E-state index in [0.29, 0.717) is 5.69 Å². The van der Waals surface area contributed by atoms with Crippen LogP contribution in [0.1, 0.15) is 36.9 Å². The molecular weight excluding hydrogens is 516 g/mol. The second-order valence-electron chi connectivity index (χ2n) is 8.92. The van der Waals surface area contributed by atoms with Gasteiger partial charge in [0, 0.05) is 5.69 Å². The Morgan fingerprint density at radius 2 is 1.40 bits per heavy atom. The van der Waals surface area contributed by atoms with E-state index in [9.17, 15) is 19.2 Å². The van der Waals surface area contributed by atoms with Crippen molar-refractivity contribution in [2.75, 3.05) is 5.32 Å². The van der Waals surface area contributed by atoms with Crippen LogP contribution in [0.5, 0.6) is 0 Å². The highest BCUT2D eigenvalue weighted by atomic mass is 16.6. The SMILES string of the molecule is CC(NC(=O)OCc1ccccc1)C(=O)Nc1ccc2c(=O)oc([C@H](C)NC(=O)OCc3ccccc3)nc2c1. The molecule has 206 valence electrons. The lowest BCUT2D eigenvalue weighted by molar-refractivity contribution is -0.117. The van der Waals surface area contributed by atoms with Gasteiger partial charge in [-0.05, 0) is 43.2 Å². The molecular formula is C29H28N4O7. The van der Waals surface area contributed by atoms with Crippen LogP contribution in [0.15, 0.2) is 88.1 Å². The van der Waals surface area contributed by atoms with Gasteiger partial charge in [0.25, 0.3) is 0 Å². The number of carbonyl (C=O) groups excluding carboxylic acids is 3. The quantitative estimate of drug-likeness (QED) is 0.280. The van der Waals surface area contributed by atoms with Gasteiger partial charge in [-0.1, -0.05) is 60.7 Å². The second kappa shape index (κ2) is 13.1. The molecule has 11 nitrogen and oxygen atoms in total. The van der Waals surface area contributed by atoms with Gasteiger partial charge in [-0.15, -0.1) is 0 Å². The number of anilines is 1. The average Bonchev–Trinajstić information content (AvgIpc) is 2.95. The van der Waals surface area contributed by atoms with Crippen LogP contribution < -0.4 is 21.6 Å². The Bertz CT molecular complexity index is 1540. The number of hydrogen-bond acceptors (Lipinski definition) is 8. The van der Waals surface area contributed by atoms with Crippen LogP contribution >= 0.6 is 0 Å². The minimum atomic E-state index is -0.908. The van der Waals surface area contributed by atoms with E-state index in [4.69, 9.17) is 13.9 Å². The minimum absolute atomic E-state index is 0.0335. The number of benzene rings is 3. The molecule has 3 N–H and O–H groups in total. The van der Waals surface area contributed by atoms with E-state index in [2.05, 4.69) is 20.9 Å². The summed E-state index contributed by atoms with van der Waals surface area (Å²) in [7, 11) is 0. The number of aromatic nitrogens is 1. The van der Waals surface area contributed by atoms with Gasteiger partial charge in [0.2, 0.25) is 11.8 Å². The maximum atomic E-state index is 12.6. The molecule has 0 saturated carbocycles. The number of nitrogens with one attached hydrogen (secondary N) is 3. The van der Waals surface area contributed by atoms with Crippen LogP contribution in [0.4, 0.5) is 15.3 Å². The van der Waals surface area contributed by atoms with Crippen LogP contribution in [0.3, 0.4) is 0 Å². The second-order valence-corrected chi connectivity index (χ2v) is 8.92. The Morgan fingerprint density at radius 3 is 2.00 bits per heavy atom. The lowest BCUT2D eigenvalue weighted by Gasteiger charge is -2.15. The number of carbonyl (C=O) groups is 3. The van der Waals surface area contributed by atoms with Crippen LogP contribution in [0.25, 0.3) is 10.9 Å². The average molecular weight is 545 g/mol. The summed E-state index contributed by atoms with van der Waals surface area (Å²) in [5.74, 6) is -0.538. The Morgan fingerprint density at radius 1 is 0.825 bits per heavy atom. The number of hydrogen-bond donors (Lipinski definition) is 3. The first-order chi connectivity index (χ1) is 19.3. The highest BCUT2D eigenvalue weighted by Gasteiger charge is 2.19. The summed E-state index contributed by atoms with van der Waals surface area (Å²) in [6.45, 7) is 3.25. The van der Waals surface area contributed by atoms with Gasteiger partial charge >= 0.3 is 17.8 Å². The molecule has 0 fully saturated rings. The van der Waals surface area contributed by atoms with Crippen molar-refractivity contribution in [3.05, 3.63) is 106 Å². The van der Waals surface area contributed by atoms with Crippen LogP contribution in [0, 0.1) is 0 Å². The van der Waals surface area contributed by atoms with E-state index in [0.717, 1.165) is 11.1 Å². The molecule has 2 atom stereocenters. The van der Waals surface area contributed by atoms with Gasteiger partial charge in [-0.3, -0.25) is 4.79 Å². The lowest BCUT2D eigenvalue weighted by Crippen LogP contribution is -2.41. The summed E-state index contributed by atoms with van der Waals surface area (Å²) in [6, 6.07) is 21.1. The number of alkyl carbamates (subject to hydrolysis) is 2. The molecule has 4 aromatic rings. The first kappa shape index (κ1) is 27.8. The molecule has 0 saturated heterocycles. The normalized spacial score (nSPS) is 12.2. The van der Waals surface area contributed by atoms with E-state index in [1.807, 2.05) is 60.7 Å². The third-order valence-electron chi connectivity index (χ3n) is 5.77. The van der Waals surface area contributed by atoms with Gasteiger partial charge in [0.1, 0.15) is 25.3 Å². The Labute approximate surface area is 229 Å². The zero-order valence-electron chi connectivity index (χ0n) is 21.9. The van der Waals surface area contributed by atoms with Crippen LogP contribution in [0.2, 0.25) is 0 Å².